The predicted molar refractivity (Wildman–Crippen MR) is 118 cm³/mol. The van der Waals surface area contributed by atoms with Crippen LogP contribution in [0.4, 0.5) is 5.82 Å². The summed E-state index contributed by atoms with van der Waals surface area (Å²) in [6.45, 7) is 5.97. The van der Waals surface area contributed by atoms with Crippen molar-refractivity contribution in [2.45, 2.75) is 32.7 Å². The SMILES string of the molecule is Cc1cc(N2C(=O)c3oc4ccc(Cl)cc4c(=O)c3[C@H]2c2ccc(C(C)C)cc2)no1. The maximum Gasteiger partial charge on any atom is 0.296 e. The molecule has 1 aliphatic heterocycles. The standard InChI is InChI=1S/C24H19ClN2O4/c1-12(2)14-4-6-15(7-5-14)21-20-22(28)17-11-16(25)8-9-18(17)30-23(20)24(29)27(21)19-10-13(3)31-26-19/h4-12,21H,1-3H3/t21-/m1/s1. The maximum absolute atomic E-state index is 13.5. The molecule has 5 rings (SSSR count). The van der Waals surface area contributed by atoms with Crippen LogP contribution in [0.25, 0.3) is 11.0 Å². The van der Waals surface area contributed by atoms with E-state index in [2.05, 4.69) is 19.0 Å². The summed E-state index contributed by atoms with van der Waals surface area (Å²) in [6.07, 6.45) is 0. The molecule has 31 heavy (non-hydrogen) atoms. The number of carbonyl (C=O) groups excluding carboxylic acids is 1. The van der Waals surface area contributed by atoms with Gasteiger partial charge in [-0.1, -0.05) is 54.9 Å². The fraction of sp³-hybridized carbons (Fsp3) is 0.208. The van der Waals surface area contributed by atoms with Crippen LogP contribution in [0.5, 0.6) is 0 Å². The Morgan fingerprint density at radius 1 is 1.06 bits per heavy atom. The van der Waals surface area contributed by atoms with Crippen LogP contribution >= 0.6 is 11.6 Å². The molecule has 0 N–H and O–H groups in total. The van der Waals surface area contributed by atoms with Crippen molar-refractivity contribution < 1.29 is 13.7 Å². The second-order valence-electron chi connectivity index (χ2n) is 8.01. The Kier molecular flexibility index (Phi) is 4.48. The van der Waals surface area contributed by atoms with E-state index in [4.69, 9.17) is 20.5 Å². The van der Waals surface area contributed by atoms with Gasteiger partial charge in [0.15, 0.2) is 11.2 Å². The Morgan fingerprint density at radius 2 is 1.81 bits per heavy atom. The monoisotopic (exact) mass is 434 g/mol. The molecule has 0 unspecified atom stereocenters. The van der Waals surface area contributed by atoms with Crippen molar-refractivity contribution in [2.75, 3.05) is 4.90 Å². The lowest BCUT2D eigenvalue weighted by Gasteiger charge is -2.22. The van der Waals surface area contributed by atoms with Crippen LogP contribution in [0.2, 0.25) is 5.02 Å². The zero-order valence-corrected chi connectivity index (χ0v) is 17.9. The van der Waals surface area contributed by atoms with Crippen molar-refractivity contribution in [3.05, 3.63) is 92.0 Å². The summed E-state index contributed by atoms with van der Waals surface area (Å²) in [4.78, 5) is 28.4. The molecule has 0 bridgehead atoms. The fourth-order valence-electron chi connectivity index (χ4n) is 4.03. The smallest absolute Gasteiger partial charge is 0.296 e. The normalized spacial score (nSPS) is 15.8. The van der Waals surface area contributed by atoms with Crippen LogP contribution < -0.4 is 10.3 Å². The molecular weight excluding hydrogens is 416 g/mol. The molecule has 1 aliphatic rings. The van der Waals surface area contributed by atoms with E-state index in [1.54, 1.807) is 31.2 Å². The lowest BCUT2D eigenvalue weighted by atomic mass is 9.95. The zero-order valence-electron chi connectivity index (χ0n) is 17.2. The molecule has 4 aromatic rings. The van der Waals surface area contributed by atoms with Crippen LogP contribution in [0.3, 0.4) is 0 Å². The highest BCUT2D eigenvalue weighted by Crippen LogP contribution is 2.41. The number of carbonyl (C=O) groups is 1. The lowest BCUT2D eigenvalue weighted by molar-refractivity contribution is 0.0969. The van der Waals surface area contributed by atoms with Crippen molar-refractivity contribution in [2.24, 2.45) is 0 Å². The highest BCUT2D eigenvalue weighted by Gasteiger charge is 2.44. The average molecular weight is 435 g/mol. The second-order valence-corrected chi connectivity index (χ2v) is 8.45. The van der Waals surface area contributed by atoms with Gasteiger partial charge in [-0.2, -0.15) is 0 Å². The van der Waals surface area contributed by atoms with E-state index >= 15 is 0 Å². The van der Waals surface area contributed by atoms with Gasteiger partial charge in [-0.25, -0.2) is 0 Å². The molecule has 7 heteroatoms. The van der Waals surface area contributed by atoms with Crippen molar-refractivity contribution in [3.63, 3.8) is 0 Å². The van der Waals surface area contributed by atoms with Gasteiger partial charge in [0.2, 0.25) is 5.76 Å². The first-order chi connectivity index (χ1) is 14.8. The van der Waals surface area contributed by atoms with Crippen LogP contribution in [0.15, 0.2) is 62.3 Å². The second kappa shape index (κ2) is 7.10. The molecule has 0 spiro atoms. The van der Waals surface area contributed by atoms with E-state index < -0.39 is 11.9 Å². The Hall–Kier alpha value is -3.38. The van der Waals surface area contributed by atoms with Gasteiger partial charge in [-0.3, -0.25) is 14.5 Å². The van der Waals surface area contributed by atoms with Gasteiger partial charge in [0.25, 0.3) is 5.91 Å². The number of benzene rings is 2. The fourth-order valence-corrected chi connectivity index (χ4v) is 4.20. The quantitative estimate of drug-likeness (QED) is 0.418. The summed E-state index contributed by atoms with van der Waals surface area (Å²) in [5, 5.41) is 4.79. The molecule has 0 saturated heterocycles. The number of amides is 1. The van der Waals surface area contributed by atoms with E-state index in [0.29, 0.717) is 33.5 Å². The van der Waals surface area contributed by atoms with Crippen LogP contribution in [-0.4, -0.2) is 11.1 Å². The largest absolute Gasteiger partial charge is 0.450 e. The molecule has 156 valence electrons. The van der Waals surface area contributed by atoms with Gasteiger partial charge in [0.05, 0.1) is 17.0 Å². The van der Waals surface area contributed by atoms with Crippen molar-refractivity contribution in [1.29, 1.82) is 0 Å². The Morgan fingerprint density at radius 3 is 2.45 bits per heavy atom. The molecular formula is C24H19ClN2O4. The number of rotatable bonds is 3. The highest BCUT2D eigenvalue weighted by atomic mass is 35.5. The molecule has 2 aromatic carbocycles. The topological polar surface area (TPSA) is 76.6 Å². The van der Waals surface area contributed by atoms with Gasteiger partial charge in [0, 0.05) is 11.1 Å². The molecule has 0 aliphatic carbocycles. The van der Waals surface area contributed by atoms with Gasteiger partial charge >= 0.3 is 0 Å². The van der Waals surface area contributed by atoms with Crippen LogP contribution in [0, 0.1) is 6.92 Å². The first-order valence-corrected chi connectivity index (χ1v) is 10.4. The van der Waals surface area contributed by atoms with E-state index in [1.807, 2.05) is 24.3 Å². The summed E-state index contributed by atoms with van der Waals surface area (Å²) in [5.41, 5.74) is 2.25. The number of aromatic nitrogens is 1. The minimum Gasteiger partial charge on any atom is -0.450 e. The molecule has 1 atom stereocenters. The first-order valence-electron chi connectivity index (χ1n) is 9.98. The zero-order chi connectivity index (χ0) is 21.9. The Bertz CT molecular complexity index is 1390. The molecule has 0 saturated carbocycles. The van der Waals surface area contributed by atoms with Crippen molar-refractivity contribution in [3.8, 4) is 0 Å². The van der Waals surface area contributed by atoms with Crippen molar-refractivity contribution in [1.82, 2.24) is 5.16 Å². The molecule has 3 heterocycles. The third-order valence-corrected chi connectivity index (χ3v) is 5.85. The Labute approximate surface area is 183 Å². The first kappa shape index (κ1) is 19.6. The van der Waals surface area contributed by atoms with Crippen molar-refractivity contribution >= 4 is 34.3 Å². The molecule has 0 radical (unpaired) electrons. The van der Waals surface area contributed by atoms with Gasteiger partial charge in [-0.15, -0.1) is 0 Å². The minimum atomic E-state index is -0.687. The molecule has 2 aromatic heterocycles. The number of fused-ring (bicyclic) bond motifs is 2. The number of hydrogen-bond donors (Lipinski definition) is 0. The van der Waals surface area contributed by atoms with Crippen LogP contribution in [0.1, 0.15) is 58.8 Å². The van der Waals surface area contributed by atoms with E-state index in [0.717, 1.165) is 11.1 Å². The third-order valence-electron chi connectivity index (χ3n) is 5.61. The van der Waals surface area contributed by atoms with Gasteiger partial charge < -0.3 is 8.94 Å². The average Bonchev–Trinajstić information content (AvgIpc) is 3.30. The number of anilines is 1. The maximum atomic E-state index is 13.5. The van der Waals surface area contributed by atoms with E-state index in [1.165, 1.54) is 4.90 Å². The Balaban J connectivity index is 1.78. The highest BCUT2D eigenvalue weighted by molar-refractivity contribution is 6.31. The van der Waals surface area contributed by atoms with Gasteiger partial charge in [-0.05, 0) is 42.2 Å². The van der Waals surface area contributed by atoms with E-state index in [9.17, 15) is 9.59 Å². The summed E-state index contributed by atoms with van der Waals surface area (Å²) < 4.78 is 11.1. The van der Waals surface area contributed by atoms with Gasteiger partial charge in [0.1, 0.15) is 11.3 Å². The predicted octanol–water partition coefficient (Wildman–Crippen LogP) is 5.62. The molecule has 6 nitrogen and oxygen atoms in total. The molecule has 0 fully saturated rings. The van der Waals surface area contributed by atoms with Crippen LogP contribution in [-0.2, 0) is 0 Å². The lowest BCUT2D eigenvalue weighted by Crippen LogP contribution is -2.29. The number of halogens is 1. The minimum absolute atomic E-state index is 0.0124. The number of aryl methyl sites for hydroxylation is 1. The summed E-state index contributed by atoms with van der Waals surface area (Å²) in [6, 6.07) is 13.7. The van der Waals surface area contributed by atoms with E-state index in [-0.39, 0.29) is 16.8 Å². The summed E-state index contributed by atoms with van der Waals surface area (Å²) >= 11 is 6.12. The summed E-state index contributed by atoms with van der Waals surface area (Å²) in [7, 11) is 0. The number of hydrogen-bond acceptors (Lipinski definition) is 5. The molecule has 1 amide bonds. The third kappa shape index (κ3) is 3.06. The summed E-state index contributed by atoms with van der Waals surface area (Å²) in [5.74, 6) is 0.822. The number of nitrogens with zero attached hydrogens (tertiary/aromatic N) is 2.